The molecule has 0 N–H and O–H groups in total. The monoisotopic (exact) mass is 239 g/mol. The first kappa shape index (κ1) is 11.9. The molecule has 0 bridgehead atoms. The highest BCUT2D eigenvalue weighted by Crippen LogP contribution is 2.34. The summed E-state index contributed by atoms with van der Waals surface area (Å²) in [7, 11) is 0. The Balaban J connectivity index is 2.67. The summed E-state index contributed by atoms with van der Waals surface area (Å²) in [5.41, 5.74) is 0.284. The highest BCUT2D eigenvalue weighted by Gasteiger charge is 2.33. The lowest BCUT2D eigenvalue weighted by molar-refractivity contribution is -0.136. The molecular formula is C13H12F3N. The van der Waals surface area contributed by atoms with E-state index in [4.69, 9.17) is 0 Å². The van der Waals surface area contributed by atoms with Gasteiger partial charge in [-0.15, -0.1) is 0 Å². The highest BCUT2D eigenvalue weighted by atomic mass is 19.4. The number of alkyl halides is 3. The summed E-state index contributed by atoms with van der Waals surface area (Å²) < 4.78 is 38.2. The fourth-order valence-corrected chi connectivity index (χ4v) is 1.72. The van der Waals surface area contributed by atoms with Crippen LogP contribution in [0.1, 0.15) is 30.9 Å². The number of nitrogens with zero attached hydrogens (tertiary/aromatic N) is 1. The Morgan fingerprint density at radius 3 is 2.47 bits per heavy atom. The first-order chi connectivity index (χ1) is 7.89. The van der Waals surface area contributed by atoms with Crippen LogP contribution in [0.3, 0.4) is 0 Å². The standard InChI is InChI=1S/C13H12F3N/c1-8(2)10-6-9-4-3-5-11(13(14,15)16)12(9)17-7-10/h3-8H,1-2H3. The predicted octanol–water partition coefficient (Wildman–Crippen LogP) is 4.38. The molecule has 0 aliphatic heterocycles. The molecule has 0 unspecified atom stereocenters. The van der Waals surface area contributed by atoms with Crippen molar-refractivity contribution < 1.29 is 13.2 Å². The number of rotatable bonds is 1. The molecule has 17 heavy (non-hydrogen) atoms. The molecule has 1 nitrogen and oxygen atoms in total. The maximum atomic E-state index is 12.7. The Bertz CT molecular complexity index is 544. The average molecular weight is 239 g/mol. The van der Waals surface area contributed by atoms with Crippen LogP contribution < -0.4 is 0 Å². The molecule has 0 spiro atoms. The Morgan fingerprint density at radius 2 is 1.88 bits per heavy atom. The van der Waals surface area contributed by atoms with Gasteiger partial charge in [0.25, 0.3) is 0 Å². The second-order valence-corrected chi connectivity index (χ2v) is 4.30. The molecule has 0 saturated heterocycles. The van der Waals surface area contributed by atoms with Crippen molar-refractivity contribution in [1.29, 1.82) is 0 Å². The normalized spacial score (nSPS) is 12.4. The molecule has 0 fully saturated rings. The SMILES string of the molecule is CC(C)c1cnc2c(C(F)(F)F)cccc2c1. The first-order valence-electron chi connectivity index (χ1n) is 5.35. The third kappa shape index (κ3) is 2.25. The summed E-state index contributed by atoms with van der Waals surface area (Å²) in [6.07, 6.45) is -2.84. The van der Waals surface area contributed by atoms with E-state index in [9.17, 15) is 13.2 Å². The van der Waals surface area contributed by atoms with Gasteiger partial charge in [-0.3, -0.25) is 4.98 Å². The summed E-state index contributed by atoms with van der Waals surface area (Å²) in [6.45, 7) is 3.97. The van der Waals surface area contributed by atoms with Gasteiger partial charge in [0, 0.05) is 11.6 Å². The smallest absolute Gasteiger partial charge is 0.255 e. The van der Waals surface area contributed by atoms with Gasteiger partial charge in [0.2, 0.25) is 0 Å². The zero-order valence-corrected chi connectivity index (χ0v) is 9.55. The fraction of sp³-hybridized carbons (Fsp3) is 0.308. The Kier molecular flexibility index (Phi) is 2.81. The number of para-hydroxylation sites is 1. The number of aromatic nitrogens is 1. The van der Waals surface area contributed by atoms with Gasteiger partial charge in [-0.1, -0.05) is 26.0 Å². The van der Waals surface area contributed by atoms with Crippen LogP contribution in [0, 0.1) is 0 Å². The van der Waals surface area contributed by atoms with Crippen LogP contribution in [0.4, 0.5) is 13.2 Å². The lowest BCUT2D eigenvalue weighted by Gasteiger charge is -2.11. The highest BCUT2D eigenvalue weighted by molar-refractivity contribution is 5.82. The molecular weight excluding hydrogens is 227 g/mol. The van der Waals surface area contributed by atoms with Gasteiger partial charge in [-0.05, 0) is 23.6 Å². The predicted molar refractivity (Wildman–Crippen MR) is 60.8 cm³/mol. The van der Waals surface area contributed by atoms with Crippen LogP contribution in [-0.2, 0) is 6.18 Å². The second kappa shape index (κ2) is 4.02. The molecule has 0 amide bonds. The number of hydrogen-bond acceptors (Lipinski definition) is 1. The summed E-state index contributed by atoms with van der Waals surface area (Å²) in [5, 5.41) is 0.533. The third-order valence-electron chi connectivity index (χ3n) is 2.70. The van der Waals surface area contributed by atoms with E-state index in [1.54, 1.807) is 12.1 Å². The van der Waals surface area contributed by atoms with Crippen molar-refractivity contribution in [2.24, 2.45) is 0 Å². The van der Waals surface area contributed by atoms with Crippen molar-refractivity contribution in [3.8, 4) is 0 Å². The van der Waals surface area contributed by atoms with E-state index < -0.39 is 11.7 Å². The van der Waals surface area contributed by atoms with E-state index in [1.165, 1.54) is 12.3 Å². The number of benzene rings is 1. The maximum Gasteiger partial charge on any atom is 0.418 e. The zero-order chi connectivity index (χ0) is 12.6. The molecule has 90 valence electrons. The molecule has 1 aromatic heterocycles. The molecule has 0 saturated carbocycles. The molecule has 2 rings (SSSR count). The molecule has 0 aliphatic rings. The minimum atomic E-state index is -4.36. The topological polar surface area (TPSA) is 12.9 Å². The molecule has 1 heterocycles. The van der Waals surface area contributed by atoms with Gasteiger partial charge in [0.1, 0.15) is 0 Å². The number of halogens is 3. The van der Waals surface area contributed by atoms with Crippen LogP contribution in [0.5, 0.6) is 0 Å². The molecule has 0 atom stereocenters. The van der Waals surface area contributed by atoms with Gasteiger partial charge < -0.3 is 0 Å². The Hall–Kier alpha value is -1.58. The molecule has 0 radical (unpaired) electrons. The van der Waals surface area contributed by atoms with Crippen molar-refractivity contribution in [3.63, 3.8) is 0 Å². The van der Waals surface area contributed by atoms with Crippen molar-refractivity contribution in [1.82, 2.24) is 4.98 Å². The van der Waals surface area contributed by atoms with Gasteiger partial charge in [-0.2, -0.15) is 13.2 Å². The number of hydrogen-bond donors (Lipinski definition) is 0. The molecule has 2 aromatic rings. The van der Waals surface area contributed by atoms with E-state index in [0.29, 0.717) is 5.39 Å². The third-order valence-corrected chi connectivity index (χ3v) is 2.70. The second-order valence-electron chi connectivity index (χ2n) is 4.30. The van der Waals surface area contributed by atoms with E-state index in [0.717, 1.165) is 11.6 Å². The average Bonchev–Trinajstić information content (AvgIpc) is 2.26. The number of fused-ring (bicyclic) bond motifs is 1. The van der Waals surface area contributed by atoms with Crippen LogP contribution in [-0.4, -0.2) is 4.98 Å². The van der Waals surface area contributed by atoms with Gasteiger partial charge in [0.15, 0.2) is 0 Å². The van der Waals surface area contributed by atoms with Crippen LogP contribution in [0.25, 0.3) is 10.9 Å². The Labute approximate surface area is 97.3 Å². The van der Waals surface area contributed by atoms with Crippen LogP contribution in [0.2, 0.25) is 0 Å². The quantitative estimate of drug-likeness (QED) is 0.719. The lowest BCUT2D eigenvalue weighted by Crippen LogP contribution is -2.06. The zero-order valence-electron chi connectivity index (χ0n) is 9.55. The summed E-state index contributed by atoms with van der Waals surface area (Å²) in [5.74, 6) is 0.251. The first-order valence-corrected chi connectivity index (χ1v) is 5.35. The van der Waals surface area contributed by atoms with Crippen LogP contribution in [0.15, 0.2) is 30.5 Å². The summed E-state index contributed by atoms with van der Waals surface area (Å²) >= 11 is 0. The van der Waals surface area contributed by atoms with E-state index in [1.807, 2.05) is 13.8 Å². The van der Waals surface area contributed by atoms with Crippen molar-refractivity contribution >= 4 is 10.9 Å². The van der Waals surface area contributed by atoms with Crippen molar-refractivity contribution in [3.05, 3.63) is 41.6 Å². The van der Waals surface area contributed by atoms with E-state index in [-0.39, 0.29) is 11.4 Å². The van der Waals surface area contributed by atoms with E-state index >= 15 is 0 Å². The largest absolute Gasteiger partial charge is 0.418 e. The van der Waals surface area contributed by atoms with Gasteiger partial charge in [0.05, 0.1) is 11.1 Å². The Morgan fingerprint density at radius 1 is 1.18 bits per heavy atom. The fourth-order valence-electron chi connectivity index (χ4n) is 1.72. The lowest BCUT2D eigenvalue weighted by atomic mass is 10.0. The number of pyridine rings is 1. The summed E-state index contributed by atoms with van der Waals surface area (Å²) in [6, 6.07) is 5.90. The molecule has 0 aliphatic carbocycles. The van der Waals surface area contributed by atoms with Gasteiger partial charge in [-0.25, -0.2) is 0 Å². The van der Waals surface area contributed by atoms with Crippen LogP contribution >= 0.6 is 0 Å². The summed E-state index contributed by atoms with van der Waals surface area (Å²) in [4.78, 5) is 3.95. The van der Waals surface area contributed by atoms with E-state index in [2.05, 4.69) is 4.98 Å². The minimum absolute atomic E-state index is 0.0180. The maximum absolute atomic E-state index is 12.7. The minimum Gasteiger partial charge on any atom is -0.255 e. The molecule has 1 aromatic carbocycles. The van der Waals surface area contributed by atoms with Crippen molar-refractivity contribution in [2.45, 2.75) is 25.9 Å². The molecule has 4 heteroatoms. The van der Waals surface area contributed by atoms with Crippen molar-refractivity contribution in [2.75, 3.05) is 0 Å². The van der Waals surface area contributed by atoms with Gasteiger partial charge >= 0.3 is 6.18 Å².